The van der Waals surface area contributed by atoms with Crippen LogP contribution in [0.4, 0.5) is 0 Å². The van der Waals surface area contributed by atoms with Crippen molar-refractivity contribution in [2.24, 2.45) is 5.92 Å². The van der Waals surface area contributed by atoms with E-state index in [-0.39, 0.29) is 29.2 Å². The lowest BCUT2D eigenvalue weighted by molar-refractivity contribution is -0.141. The number of rotatable bonds is 7. The molecular formula is C16H22N2O5S. The van der Waals surface area contributed by atoms with Crippen molar-refractivity contribution in [1.82, 2.24) is 10.0 Å². The van der Waals surface area contributed by atoms with E-state index in [0.29, 0.717) is 31.4 Å². The first kappa shape index (κ1) is 18.4. The minimum absolute atomic E-state index is 0.105. The molecule has 8 heteroatoms. The van der Waals surface area contributed by atoms with Crippen molar-refractivity contribution in [3.63, 3.8) is 0 Å². The third-order valence-electron chi connectivity index (χ3n) is 4.08. The van der Waals surface area contributed by atoms with Gasteiger partial charge in [-0.3, -0.25) is 9.59 Å². The Bertz CT molecular complexity index is 700. The highest BCUT2D eigenvalue weighted by Gasteiger charge is 2.30. The summed E-state index contributed by atoms with van der Waals surface area (Å²) in [6.07, 6.45) is 1.84. The van der Waals surface area contributed by atoms with Gasteiger partial charge in [0.2, 0.25) is 15.9 Å². The van der Waals surface area contributed by atoms with Gasteiger partial charge in [-0.2, -0.15) is 0 Å². The number of hydrogen-bond donors (Lipinski definition) is 3. The van der Waals surface area contributed by atoms with E-state index < -0.39 is 16.0 Å². The van der Waals surface area contributed by atoms with Crippen molar-refractivity contribution in [2.75, 3.05) is 6.54 Å². The molecule has 0 aromatic heterocycles. The van der Waals surface area contributed by atoms with Crippen LogP contribution in [0.3, 0.4) is 0 Å². The van der Waals surface area contributed by atoms with E-state index in [1.807, 2.05) is 0 Å². The summed E-state index contributed by atoms with van der Waals surface area (Å²) in [7, 11) is -3.49. The molecule has 1 aliphatic rings. The molecule has 7 nitrogen and oxygen atoms in total. The average molecular weight is 354 g/mol. The Balaban J connectivity index is 1.90. The molecule has 0 spiro atoms. The van der Waals surface area contributed by atoms with Crippen molar-refractivity contribution in [1.29, 1.82) is 0 Å². The number of nitrogens with one attached hydrogen (secondary N) is 2. The third-order valence-corrected chi connectivity index (χ3v) is 5.64. The number of amides is 1. The molecule has 0 bridgehead atoms. The van der Waals surface area contributed by atoms with Gasteiger partial charge in [0, 0.05) is 12.6 Å². The first-order valence-corrected chi connectivity index (χ1v) is 9.41. The molecule has 1 saturated carbocycles. The topological polar surface area (TPSA) is 113 Å². The standard InChI is InChI=1S/C16H22N2O5S/c1-2-17-24(22,23)14-7-3-11(4-8-14)9-15(19)18-13-6-5-12(10-13)16(20)21/h3-4,7-8,12-13,17H,2,5-6,9-10H2,1H3,(H,18,19)(H,20,21)/t12-,13+/m0/s1. The summed E-state index contributed by atoms with van der Waals surface area (Å²) in [5.41, 5.74) is 0.704. The van der Waals surface area contributed by atoms with Crippen LogP contribution in [0.5, 0.6) is 0 Å². The molecule has 0 aliphatic heterocycles. The van der Waals surface area contributed by atoms with Crippen LogP contribution in [-0.2, 0) is 26.0 Å². The zero-order valence-electron chi connectivity index (χ0n) is 13.5. The number of carboxylic acids is 1. The summed E-state index contributed by atoms with van der Waals surface area (Å²) in [4.78, 5) is 23.1. The predicted molar refractivity (Wildman–Crippen MR) is 87.9 cm³/mol. The Morgan fingerprint density at radius 2 is 1.88 bits per heavy atom. The minimum Gasteiger partial charge on any atom is -0.481 e. The molecule has 2 rings (SSSR count). The minimum atomic E-state index is -3.49. The molecule has 24 heavy (non-hydrogen) atoms. The van der Waals surface area contributed by atoms with Crippen LogP contribution in [-0.4, -0.2) is 38.0 Å². The number of carbonyl (C=O) groups excluding carboxylic acids is 1. The summed E-state index contributed by atoms with van der Waals surface area (Å²) in [6, 6.07) is 6.05. The van der Waals surface area contributed by atoms with Crippen LogP contribution >= 0.6 is 0 Å². The summed E-state index contributed by atoms with van der Waals surface area (Å²) in [6.45, 7) is 2.01. The van der Waals surface area contributed by atoms with Gasteiger partial charge in [-0.25, -0.2) is 13.1 Å². The molecule has 0 heterocycles. The first-order chi connectivity index (χ1) is 11.3. The maximum absolute atomic E-state index is 12.0. The molecule has 0 saturated heterocycles. The van der Waals surface area contributed by atoms with Crippen LogP contribution in [0.2, 0.25) is 0 Å². The van der Waals surface area contributed by atoms with Crippen LogP contribution in [0.15, 0.2) is 29.2 Å². The van der Waals surface area contributed by atoms with Gasteiger partial charge in [0.1, 0.15) is 0 Å². The Morgan fingerprint density at radius 1 is 1.21 bits per heavy atom. The number of carboxylic acid groups (broad SMARTS) is 1. The average Bonchev–Trinajstić information content (AvgIpc) is 2.96. The van der Waals surface area contributed by atoms with E-state index in [1.54, 1.807) is 19.1 Å². The maximum Gasteiger partial charge on any atom is 0.306 e. The van der Waals surface area contributed by atoms with Gasteiger partial charge in [0.25, 0.3) is 0 Å². The molecular weight excluding hydrogens is 332 g/mol. The largest absolute Gasteiger partial charge is 0.481 e. The van der Waals surface area contributed by atoms with Crippen molar-refractivity contribution in [3.05, 3.63) is 29.8 Å². The zero-order valence-corrected chi connectivity index (χ0v) is 14.3. The van der Waals surface area contributed by atoms with E-state index in [2.05, 4.69) is 10.0 Å². The zero-order chi connectivity index (χ0) is 17.7. The molecule has 1 aliphatic carbocycles. The van der Waals surface area contributed by atoms with E-state index in [4.69, 9.17) is 5.11 Å². The monoisotopic (exact) mass is 354 g/mol. The van der Waals surface area contributed by atoms with Gasteiger partial charge < -0.3 is 10.4 Å². The molecule has 1 aromatic rings. The fourth-order valence-electron chi connectivity index (χ4n) is 2.86. The molecule has 1 fully saturated rings. The van der Waals surface area contributed by atoms with Crippen molar-refractivity contribution in [3.8, 4) is 0 Å². The van der Waals surface area contributed by atoms with E-state index in [0.717, 1.165) is 0 Å². The number of aliphatic carboxylic acids is 1. The van der Waals surface area contributed by atoms with Crippen LogP contribution in [0.1, 0.15) is 31.7 Å². The SMILES string of the molecule is CCNS(=O)(=O)c1ccc(CC(=O)N[C@@H]2CC[C@H](C(=O)O)C2)cc1. The second-order valence-electron chi connectivity index (χ2n) is 5.93. The number of sulfonamides is 1. The van der Waals surface area contributed by atoms with Crippen LogP contribution < -0.4 is 10.0 Å². The van der Waals surface area contributed by atoms with Gasteiger partial charge in [0.05, 0.1) is 17.2 Å². The number of carbonyl (C=O) groups is 2. The Hall–Kier alpha value is -1.93. The smallest absolute Gasteiger partial charge is 0.306 e. The van der Waals surface area contributed by atoms with Crippen molar-refractivity contribution in [2.45, 2.75) is 43.5 Å². The summed E-state index contributed by atoms with van der Waals surface area (Å²) >= 11 is 0. The lowest BCUT2D eigenvalue weighted by Gasteiger charge is -2.12. The van der Waals surface area contributed by atoms with Gasteiger partial charge in [-0.1, -0.05) is 19.1 Å². The fraction of sp³-hybridized carbons (Fsp3) is 0.500. The highest BCUT2D eigenvalue weighted by Crippen LogP contribution is 2.25. The third kappa shape index (κ3) is 4.78. The summed E-state index contributed by atoms with van der Waals surface area (Å²) < 4.78 is 26.1. The number of benzene rings is 1. The van der Waals surface area contributed by atoms with Crippen LogP contribution in [0.25, 0.3) is 0 Å². The van der Waals surface area contributed by atoms with E-state index >= 15 is 0 Å². The lowest BCUT2D eigenvalue weighted by Crippen LogP contribution is -2.34. The Labute approximate surface area is 141 Å². The molecule has 0 radical (unpaired) electrons. The molecule has 1 amide bonds. The Kier molecular flexibility index (Phi) is 5.95. The molecule has 132 valence electrons. The summed E-state index contributed by atoms with van der Waals surface area (Å²) in [5, 5.41) is 11.8. The molecule has 1 aromatic carbocycles. The van der Waals surface area contributed by atoms with Gasteiger partial charge in [-0.05, 0) is 37.0 Å². The number of hydrogen-bond acceptors (Lipinski definition) is 4. The summed E-state index contributed by atoms with van der Waals surface area (Å²) in [5.74, 6) is -1.39. The quantitative estimate of drug-likeness (QED) is 0.673. The van der Waals surface area contributed by atoms with Crippen molar-refractivity contribution < 1.29 is 23.1 Å². The fourth-order valence-corrected chi connectivity index (χ4v) is 3.90. The highest BCUT2D eigenvalue weighted by molar-refractivity contribution is 7.89. The van der Waals surface area contributed by atoms with Crippen molar-refractivity contribution >= 4 is 21.9 Å². The molecule has 3 N–H and O–H groups in total. The predicted octanol–water partition coefficient (Wildman–Crippen LogP) is 0.897. The van der Waals surface area contributed by atoms with Crippen LogP contribution in [0, 0.1) is 5.92 Å². The highest BCUT2D eigenvalue weighted by atomic mass is 32.2. The molecule has 2 atom stereocenters. The molecule has 0 unspecified atom stereocenters. The second kappa shape index (κ2) is 7.76. The second-order valence-corrected chi connectivity index (χ2v) is 7.70. The normalized spacial score (nSPS) is 20.7. The lowest BCUT2D eigenvalue weighted by atomic mass is 10.1. The first-order valence-electron chi connectivity index (χ1n) is 7.92. The maximum atomic E-state index is 12.0. The Morgan fingerprint density at radius 3 is 2.42 bits per heavy atom. The van der Waals surface area contributed by atoms with E-state index in [9.17, 15) is 18.0 Å². The van der Waals surface area contributed by atoms with Gasteiger partial charge >= 0.3 is 5.97 Å². The van der Waals surface area contributed by atoms with E-state index in [1.165, 1.54) is 12.1 Å². The van der Waals surface area contributed by atoms with Gasteiger partial charge in [0.15, 0.2) is 0 Å². The van der Waals surface area contributed by atoms with Gasteiger partial charge in [-0.15, -0.1) is 0 Å².